The van der Waals surface area contributed by atoms with Crippen molar-refractivity contribution in [3.8, 4) is 0 Å². The molecule has 1 aromatic rings. The van der Waals surface area contributed by atoms with E-state index in [0.29, 0.717) is 18.5 Å². The molecule has 7 heteroatoms. The zero-order valence-corrected chi connectivity index (χ0v) is 13.8. The maximum absolute atomic E-state index is 12.3. The lowest BCUT2D eigenvalue weighted by Gasteiger charge is -2.20. The van der Waals surface area contributed by atoms with E-state index in [4.69, 9.17) is 4.52 Å². The molecule has 0 radical (unpaired) electrons. The van der Waals surface area contributed by atoms with Crippen LogP contribution in [0, 0.1) is 19.8 Å². The van der Waals surface area contributed by atoms with Gasteiger partial charge in [-0.1, -0.05) is 32.3 Å². The molecule has 3 N–H and O–H groups in total. The molecule has 0 spiro atoms. The molecule has 0 aliphatic heterocycles. The highest BCUT2D eigenvalue weighted by molar-refractivity contribution is 5.97. The Morgan fingerprint density at radius 3 is 2.36 bits per heavy atom. The standard InChI is InChI=1S/C15H25N3O4/c1-6-7-11(16-14(21)12(19)8(2)3)13(20)17-15-9(4)10(5)18-22-15/h8,11-12,19H,6-7H2,1-5H3,(H,16,21)(H,17,20). The van der Waals surface area contributed by atoms with Crippen LogP contribution in [0.5, 0.6) is 0 Å². The van der Waals surface area contributed by atoms with E-state index in [-0.39, 0.29) is 17.7 Å². The van der Waals surface area contributed by atoms with E-state index in [9.17, 15) is 14.7 Å². The smallest absolute Gasteiger partial charge is 0.249 e. The molecule has 0 bridgehead atoms. The Labute approximate surface area is 130 Å². The topological polar surface area (TPSA) is 104 Å². The minimum Gasteiger partial charge on any atom is -0.383 e. The first-order chi connectivity index (χ1) is 10.3. The van der Waals surface area contributed by atoms with Gasteiger partial charge in [-0.15, -0.1) is 0 Å². The Balaban J connectivity index is 2.75. The maximum Gasteiger partial charge on any atom is 0.249 e. The normalized spacial score (nSPS) is 13.8. The van der Waals surface area contributed by atoms with Crippen LogP contribution >= 0.6 is 0 Å². The highest BCUT2D eigenvalue weighted by atomic mass is 16.5. The third-order valence-electron chi connectivity index (χ3n) is 3.50. The van der Waals surface area contributed by atoms with E-state index in [1.807, 2.05) is 6.92 Å². The summed E-state index contributed by atoms with van der Waals surface area (Å²) in [4.78, 5) is 24.2. The molecule has 1 rings (SSSR count). The molecule has 1 aromatic heterocycles. The molecule has 0 aromatic carbocycles. The van der Waals surface area contributed by atoms with Gasteiger partial charge in [-0.2, -0.15) is 0 Å². The van der Waals surface area contributed by atoms with E-state index in [1.54, 1.807) is 27.7 Å². The second kappa shape index (κ2) is 7.93. The molecule has 0 saturated carbocycles. The van der Waals surface area contributed by atoms with Gasteiger partial charge in [0.05, 0.1) is 5.69 Å². The molecule has 0 saturated heterocycles. The van der Waals surface area contributed by atoms with Crippen molar-refractivity contribution in [1.82, 2.24) is 10.5 Å². The van der Waals surface area contributed by atoms with Gasteiger partial charge in [0.15, 0.2) is 0 Å². The summed E-state index contributed by atoms with van der Waals surface area (Å²) in [6.07, 6.45) is 0.0421. The van der Waals surface area contributed by atoms with E-state index < -0.39 is 18.1 Å². The van der Waals surface area contributed by atoms with Gasteiger partial charge >= 0.3 is 0 Å². The molecule has 7 nitrogen and oxygen atoms in total. The predicted molar refractivity (Wildman–Crippen MR) is 82.3 cm³/mol. The summed E-state index contributed by atoms with van der Waals surface area (Å²) in [7, 11) is 0. The first-order valence-electron chi connectivity index (χ1n) is 7.50. The number of nitrogens with one attached hydrogen (secondary N) is 2. The van der Waals surface area contributed by atoms with Crippen LogP contribution in [0.15, 0.2) is 4.52 Å². The van der Waals surface area contributed by atoms with Gasteiger partial charge in [0.25, 0.3) is 0 Å². The monoisotopic (exact) mass is 311 g/mol. The number of aliphatic hydroxyl groups is 1. The van der Waals surface area contributed by atoms with Crippen LogP contribution in [0.1, 0.15) is 44.9 Å². The van der Waals surface area contributed by atoms with Crippen LogP contribution in [0.3, 0.4) is 0 Å². The van der Waals surface area contributed by atoms with Crippen molar-refractivity contribution >= 4 is 17.7 Å². The quantitative estimate of drug-likeness (QED) is 0.708. The Hall–Kier alpha value is -1.89. The van der Waals surface area contributed by atoms with Crippen molar-refractivity contribution in [3.63, 3.8) is 0 Å². The van der Waals surface area contributed by atoms with Crippen molar-refractivity contribution in [2.24, 2.45) is 5.92 Å². The van der Waals surface area contributed by atoms with Gasteiger partial charge in [-0.25, -0.2) is 0 Å². The summed E-state index contributed by atoms with van der Waals surface area (Å²) in [5.41, 5.74) is 1.44. The summed E-state index contributed by atoms with van der Waals surface area (Å²) in [5.74, 6) is -0.869. The predicted octanol–water partition coefficient (Wildman–Crippen LogP) is 1.53. The zero-order chi connectivity index (χ0) is 16.9. The summed E-state index contributed by atoms with van der Waals surface area (Å²) in [5, 5.41) is 18.7. The van der Waals surface area contributed by atoms with Gasteiger partial charge < -0.3 is 14.9 Å². The molecule has 124 valence electrons. The Morgan fingerprint density at radius 1 is 1.27 bits per heavy atom. The molecule has 0 fully saturated rings. The average Bonchev–Trinajstić information content (AvgIpc) is 2.77. The highest BCUT2D eigenvalue weighted by Crippen LogP contribution is 2.18. The maximum atomic E-state index is 12.3. The third kappa shape index (κ3) is 4.56. The highest BCUT2D eigenvalue weighted by Gasteiger charge is 2.26. The fourth-order valence-electron chi connectivity index (χ4n) is 1.85. The van der Waals surface area contributed by atoms with Crippen LogP contribution in [-0.2, 0) is 9.59 Å². The van der Waals surface area contributed by atoms with Gasteiger partial charge in [-0.3, -0.25) is 14.9 Å². The number of aryl methyl sites for hydroxylation is 1. The van der Waals surface area contributed by atoms with Crippen LogP contribution in [0.25, 0.3) is 0 Å². The van der Waals surface area contributed by atoms with Crippen molar-refractivity contribution in [2.45, 2.75) is 59.6 Å². The third-order valence-corrected chi connectivity index (χ3v) is 3.50. The number of hydrogen-bond acceptors (Lipinski definition) is 5. The van der Waals surface area contributed by atoms with Crippen molar-refractivity contribution in [2.75, 3.05) is 5.32 Å². The molecule has 2 atom stereocenters. The second-order valence-electron chi connectivity index (χ2n) is 5.75. The minimum atomic E-state index is -1.14. The fourth-order valence-corrected chi connectivity index (χ4v) is 1.85. The van der Waals surface area contributed by atoms with Crippen molar-refractivity contribution < 1.29 is 19.2 Å². The lowest BCUT2D eigenvalue weighted by molar-refractivity contribution is -0.134. The summed E-state index contributed by atoms with van der Waals surface area (Å²) < 4.78 is 5.04. The fraction of sp³-hybridized carbons (Fsp3) is 0.667. The average molecular weight is 311 g/mol. The molecule has 22 heavy (non-hydrogen) atoms. The summed E-state index contributed by atoms with van der Waals surface area (Å²) in [6.45, 7) is 8.95. The number of aromatic nitrogens is 1. The van der Waals surface area contributed by atoms with E-state index in [0.717, 1.165) is 5.56 Å². The molecular formula is C15H25N3O4. The molecule has 1 heterocycles. The van der Waals surface area contributed by atoms with Gasteiger partial charge in [-0.05, 0) is 26.2 Å². The zero-order valence-electron chi connectivity index (χ0n) is 13.8. The number of aliphatic hydroxyl groups excluding tert-OH is 1. The van der Waals surface area contributed by atoms with Crippen LogP contribution in [0.4, 0.5) is 5.88 Å². The number of nitrogens with zero attached hydrogens (tertiary/aromatic N) is 1. The second-order valence-corrected chi connectivity index (χ2v) is 5.75. The van der Waals surface area contributed by atoms with Crippen LogP contribution in [0.2, 0.25) is 0 Å². The van der Waals surface area contributed by atoms with Gasteiger partial charge in [0.2, 0.25) is 17.7 Å². The number of carbonyl (C=O) groups is 2. The molecular weight excluding hydrogens is 286 g/mol. The lowest BCUT2D eigenvalue weighted by atomic mass is 10.1. The SMILES string of the molecule is CCCC(NC(=O)C(O)C(C)C)C(=O)Nc1onc(C)c1C. The largest absolute Gasteiger partial charge is 0.383 e. The van der Waals surface area contributed by atoms with Crippen LogP contribution in [-0.4, -0.2) is 34.2 Å². The first kappa shape index (κ1) is 18.2. The molecule has 0 aliphatic rings. The Bertz CT molecular complexity index is 525. The number of carbonyl (C=O) groups excluding carboxylic acids is 2. The van der Waals surface area contributed by atoms with Crippen molar-refractivity contribution in [1.29, 1.82) is 0 Å². The molecule has 2 unspecified atom stereocenters. The number of amides is 2. The van der Waals surface area contributed by atoms with Gasteiger partial charge in [0.1, 0.15) is 12.1 Å². The number of rotatable bonds is 7. The van der Waals surface area contributed by atoms with E-state index >= 15 is 0 Å². The molecule has 2 amide bonds. The summed E-state index contributed by atoms with van der Waals surface area (Å²) >= 11 is 0. The lowest BCUT2D eigenvalue weighted by Crippen LogP contribution is -2.48. The van der Waals surface area contributed by atoms with Crippen LogP contribution < -0.4 is 10.6 Å². The minimum absolute atomic E-state index is 0.218. The van der Waals surface area contributed by atoms with Crippen molar-refractivity contribution in [3.05, 3.63) is 11.3 Å². The number of hydrogen-bond donors (Lipinski definition) is 3. The number of anilines is 1. The first-order valence-corrected chi connectivity index (χ1v) is 7.50. The van der Waals surface area contributed by atoms with E-state index in [1.165, 1.54) is 0 Å². The molecule has 0 aliphatic carbocycles. The van der Waals surface area contributed by atoms with E-state index in [2.05, 4.69) is 15.8 Å². The Morgan fingerprint density at radius 2 is 1.91 bits per heavy atom. The van der Waals surface area contributed by atoms with Gasteiger partial charge in [0, 0.05) is 5.56 Å². The summed E-state index contributed by atoms with van der Waals surface area (Å²) in [6, 6.07) is -0.726. The Kier molecular flexibility index (Phi) is 6.55.